The number of amides is 4. The number of thiazole rings is 1. The van der Waals surface area contributed by atoms with Crippen molar-refractivity contribution in [3.05, 3.63) is 123 Å². The molecule has 7 saturated carbocycles. The molecule has 11 aliphatic rings. The number of hydrogen-bond donors (Lipinski definition) is 8. The van der Waals surface area contributed by atoms with Crippen molar-refractivity contribution in [3.8, 4) is 5.75 Å². The molecule has 21 rings (SSSR count). The highest BCUT2D eigenvalue weighted by molar-refractivity contribution is 7.17. The van der Waals surface area contributed by atoms with E-state index in [1.807, 2.05) is 57.5 Å². The monoisotopic (exact) mass is 1860 g/mol. The summed E-state index contributed by atoms with van der Waals surface area (Å²) in [6.45, 7) is 0. The molecular weight excluding hydrogens is 1750 g/mol. The van der Waals surface area contributed by atoms with Crippen molar-refractivity contribution in [3.63, 3.8) is 0 Å². The van der Waals surface area contributed by atoms with Gasteiger partial charge in [0.2, 0.25) is 47.4 Å². The number of hydrogen-bond acceptors (Lipinski definition) is 29. The fourth-order valence-corrected chi connectivity index (χ4v) is 23.3. The Morgan fingerprint density at radius 2 is 0.794 bits per heavy atom. The molecule has 0 spiro atoms. The SMILES string of the molecule is CN1C(=O)[C@@H](CC2CCCC2)N(C2CCCC2)c2nc(Nc3ccc4n[nH]nc4c3)ncc21.CN1C(=O)[C@@H](CC2CCCC2)N(C2CCCC2)c2nc(Nc3csc(C(=O)O)c3)ncc21.CN1C(=O)[C@@H](CC2CCCC2)N(C2CCCC2)c2nc(Nc3ncc(C(=O)O)s3)ncc21.CN1C(=O)[C@@H](Cc2ccccn2)N(C2CCCC2)c2nc(Nc3cc(Cl)c(O)c(Cl)c3)ncc21. The number of carboxylic acid groups (broad SMARTS) is 2. The van der Waals surface area contributed by atoms with Crippen molar-refractivity contribution < 1.29 is 44.1 Å². The number of carbonyl (C=O) groups excluding carboxylic acids is 4. The number of carboxylic acids is 2. The standard InChI is InChI=1S/C24H24Cl2N6O2.C24H30N8O.C23H29N5O3S.C22H28N6O3S/c1-31-20-13-28-24(29-15-10-17(25)21(33)18(26)11-15)30-22(20)32(16-7-2-3-8-16)19(23(31)34)12-14-6-4-5-9-27-14;1-31-21-14-25-24(26-16-10-11-18-19(13-16)29-30-28-18)27-22(21)32(17-8-4-5-9-17)20(23(31)33)12-15-6-2-3-7-15;1-27-18-12-24-23(25-15-11-19(22(30)31)32-13-15)26-20(18)28(16-8-4-5-9-16)17(21(27)29)10-14-6-2-3-7-14;1-27-16-11-23-21(26-22-24-12-17(32-22)20(30)31)25-18(16)28(14-8-4-5-9-14)15(19(27)29)10-13-6-2-3-7-13/h4-6,9-11,13,16,19,33H,2-3,7-8,12H2,1H3,(H,28,29,30);10-11,13-15,17,20H,2-9,12H2,1H3,(H,25,26,27)(H,28,29,30);11-14,16-17H,2-10H2,1H3,(H,30,31)(H,24,25,26);11-15H,2-10H2,1H3,(H,30,31)(H,23,24,25,26)/t19-;20-;17-;15-/m1111/s1. The number of rotatable bonds is 22. The number of aromatic carboxylic acids is 2. The Morgan fingerprint density at radius 1 is 0.420 bits per heavy atom. The van der Waals surface area contributed by atoms with Crippen molar-refractivity contribution in [2.75, 3.05) is 88.7 Å². The summed E-state index contributed by atoms with van der Waals surface area (Å²) in [5.41, 5.74) is 7.45. The Balaban J connectivity index is 0.000000117. The van der Waals surface area contributed by atoms with E-state index >= 15 is 0 Å². The molecule has 7 fully saturated rings. The van der Waals surface area contributed by atoms with E-state index in [0.717, 1.165) is 163 Å². The number of aromatic nitrogens is 13. The number of halogens is 2. The molecule has 0 bridgehead atoms. The van der Waals surface area contributed by atoms with Crippen molar-refractivity contribution in [2.24, 2.45) is 17.8 Å². The molecule has 8 N–H and O–H groups in total. The second kappa shape index (κ2) is 39.7. The lowest BCUT2D eigenvalue weighted by Crippen LogP contribution is -2.57. The lowest BCUT2D eigenvalue weighted by atomic mass is 9.93. The van der Waals surface area contributed by atoms with E-state index in [1.54, 1.807) is 81.2 Å². The first-order valence-electron chi connectivity index (χ1n) is 46.3. The zero-order chi connectivity index (χ0) is 90.7. The Bertz CT molecular complexity index is 5630. The minimum atomic E-state index is -1.01. The number of fused-ring (bicyclic) bond motifs is 5. The van der Waals surface area contributed by atoms with Gasteiger partial charge in [-0.3, -0.25) is 29.5 Å². The van der Waals surface area contributed by atoms with Gasteiger partial charge in [0.05, 0.1) is 46.7 Å². The number of benzene rings is 2. The molecular formula is C93H111Cl2N25O9S2. The average molecular weight is 1860 g/mol. The maximum Gasteiger partial charge on any atom is 0.347 e. The first-order chi connectivity index (χ1) is 63.6. The van der Waals surface area contributed by atoms with Crippen LogP contribution in [-0.2, 0) is 25.6 Å². The number of phenolic OH excluding ortho intramolecular Hbond substituents is 1. The normalized spacial score (nSPS) is 21.0. The van der Waals surface area contributed by atoms with Crippen LogP contribution in [0.2, 0.25) is 10.0 Å². The summed E-state index contributed by atoms with van der Waals surface area (Å²) in [4.78, 5) is 138. The van der Waals surface area contributed by atoms with Crippen molar-refractivity contribution in [1.82, 2.24) is 65.3 Å². The minimum Gasteiger partial charge on any atom is -0.505 e. The summed E-state index contributed by atoms with van der Waals surface area (Å²) >= 11 is 14.3. The summed E-state index contributed by atoms with van der Waals surface area (Å²) in [5, 5.41) is 54.2. The zero-order valence-corrected chi connectivity index (χ0v) is 77.2. The van der Waals surface area contributed by atoms with Crippen LogP contribution in [0.1, 0.15) is 224 Å². The Labute approximate surface area is 777 Å². The van der Waals surface area contributed by atoms with Gasteiger partial charge in [0.1, 0.15) is 67.7 Å². The maximum absolute atomic E-state index is 13.5. The molecule has 7 aliphatic carbocycles. The van der Waals surface area contributed by atoms with Gasteiger partial charge in [-0.2, -0.15) is 35.3 Å². The zero-order valence-electron chi connectivity index (χ0n) is 74.0. The summed E-state index contributed by atoms with van der Waals surface area (Å²) in [5.74, 6) is 5.00. The van der Waals surface area contributed by atoms with Crippen LogP contribution in [-0.4, -0.2) is 193 Å². The summed E-state index contributed by atoms with van der Waals surface area (Å²) in [6, 6.07) is 16.5. The number of phenols is 1. The summed E-state index contributed by atoms with van der Waals surface area (Å²) < 4.78 is 0. The van der Waals surface area contributed by atoms with E-state index in [2.05, 4.69) is 86.2 Å². The molecule has 2 aromatic carbocycles. The van der Waals surface area contributed by atoms with E-state index in [1.165, 1.54) is 122 Å². The summed E-state index contributed by atoms with van der Waals surface area (Å²) in [6.07, 6.45) is 45.9. The number of anilines is 16. The first-order valence-corrected chi connectivity index (χ1v) is 48.8. The maximum atomic E-state index is 13.5. The second-order valence-corrected chi connectivity index (χ2v) is 39.2. The lowest BCUT2D eigenvalue weighted by molar-refractivity contribution is -0.121. The van der Waals surface area contributed by atoms with E-state index in [-0.39, 0.29) is 73.3 Å². The van der Waals surface area contributed by atoms with Gasteiger partial charge in [-0.05, 0) is 137 Å². The molecule has 0 unspecified atom stereocenters. The first kappa shape index (κ1) is 89.8. The number of likely N-dealkylation sites (N-methyl/N-ethyl adjacent to an activating group) is 4. The summed E-state index contributed by atoms with van der Waals surface area (Å²) in [7, 11) is 7.26. The van der Waals surface area contributed by atoms with Gasteiger partial charge in [-0.25, -0.2) is 34.5 Å². The average Bonchev–Trinajstić information content (AvgIpc) is 1.69. The van der Waals surface area contributed by atoms with Crippen LogP contribution in [0, 0.1) is 17.8 Å². The van der Waals surface area contributed by atoms with Gasteiger partial charge in [0, 0.05) is 87.4 Å². The van der Waals surface area contributed by atoms with Crippen molar-refractivity contribution in [2.45, 2.75) is 254 Å². The van der Waals surface area contributed by atoms with E-state index in [9.17, 15) is 39.0 Å². The topological polar surface area (TPSA) is 408 Å². The Hall–Kier alpha value is -11.8. The van der Waals surface area contributed by atoms with Crippen LogP contribution in [0.25, 0.3) is 11.0 Å². The molecule has 38 heteroatoms. The third-order valence-electron chi connectivity index (χ3n) is 28.2. The van der Waals surface area contributed by atoms with Gasteiger partial charge < -0.3 is 70.5 Å². The van der Waals surface area contributed by atoms with Crippen LogP contribution in [0.5, 0.6) is 5.75 Å². The molecule has 0 radical (unpaired) electrons. The predicted octanol–water partition coefficient (Wildman–Crippen LogP) is 17.8. The van der Waals surface area contributed by atoms with E-state index in [4.69, 9.17) is 48.2 Å². The number of thiophene rings is 1. The van der Waals surface area contributed by atoms with Gasteiger partial charge >= 0.3 is 11.9 Å². The lowest BCUT2D eigenvalue weighted by Gasteiger charge is -2.44. The molecule has 131 heavy (non-hydrogen) atoms. The van der Waals surface area contributed by atoms with Crippen LogP contribution in [0.4, 0.5) is 92.0 Å². The number of carbonyl (C=O) groups is 6. The molecule has 0 saturated heterocycles. The number of pyridine rings is 1. The molecule has 8 aromatic heterocycles. The van der Waals surface area contributed by atoms with Gasteiger partial charge in [-0.1, -0.05) is 169 Å². The molecule has 688 valence electrons. The quantitative estimate of drug-likeness (QED) is 0.0292. The van der Waals surface area contributed by atoms with Gasteiger partial charge in [0.15, 0.2) is 34.2 Å². The number of nitrogens with zero attached hydrogens (tertiary/aromatic N) is 20. The highest BCUT2D eigenvalue weighted by Gasteiger charge is 2.49. The molecule has 4 amide bonds. The fraction of sp³-hybridized carbons (Fsp3) is 0.505. The Kier molecular flexibility index (Phi) is 27.2. The van der Waals surface area contributed by atoms with Crippen LogP contribution in [0.15, 0.2) is 97.2 Å². The number of H-pyrrole nitrogens is 1. The highest BCUT2D eigenvalue weighted by atomic mass is 35.5. The Morgan fingerprint density at radius 3 is 1.18 bits per heavy atom. The molecule has 34 nitrogen and oxygen atoms in total. The number of aromatic amines is 1. The van der Waals surface area contributed by atoms with Gasteiger partial charge in [0.25, 0.3) is 0 Å². The van der Waals surface area contributed by atoms with Crippen LogP contribution >= 0.6 is 45.9 Å². The molecule has 4 atom stereocenters. The number of nitrogens with one attached hydrogen (secondary N) is 5. The van der Waals surface area contributed by atoms with Crippen molar-refractivity contribution in [1.29, 1.82) is 0 Å². The third-order valence-corrected chi connectivity index (χ3v) is 30.6. The largest absolute Gasteiger partial charge is 0.505 e. The molecule has 10 aromatic rings. The molecule has 12 heterocycles. The van der Waals surface area contributed by atoms with Crippen LogP contribution < -0.4 is 60.5 Å². The third kappa shape index (κ3) is 19.5. The van der Waals surface area contributed by atoms with Crippen LogP contribution in [0.3, 0.4) is 0 Å². The predicted molar refractivity (Wildman–Crippen MR) is 509 cm³/mol. The van der Waals surface area contributed by atoms with E-state index in [0.29, 0.717) is 94.1 Å². The minimum absolute atomic E-state index is 0.00598. The van der Waals surface area contributed by atoms with E-state index < -0.39 is 18.0 Å². The highest BCUT2D eigenvalue weighted by Crippen LogP contribution is 2.49. The fourth-order valence-electron chi connectivity index (χ4n) is 21.5. The molecule has 4 aliphatic heterocycles. The smallest absolute Gasteiger partial charge is 0.347 e. The van der Waals surface area contributed by atoms with Gasteiger partial charge in [-0.15, -0.1) is 11.3 Å². The second-order valence-electron chi connectivity index (χ2n) is 36.5. The van der Waals surface area contributed by atoms with Crippen molar-refractivity contribution >= 4 is 184 Å². The number of aromatic hydroxyl groups is 1.